The zero-order chi connectivity index (χ0) is 33.6. The molecule has 0 N–H and O–H groups in total. The fourth-order valence-corrected chi connectivity index (χ4v) is 5.70. The Morgan fingerprint density at radius 3 is 1.57 bits per heavy atom. The molecule has 0 atom stereocenters. The van der Waals surface area contributed by atoms with Crippen molar-refractivity contribution in [3.8, 4) is 0 Å². The number of carboxylic acid groups (broad SMARTS) is 1. The molecule has 6 aromatic rings. The molecule has 15 heteroatoms. The van der Waals surface area contributed by atoms with Gasteiger partial charge in [0, 0.05) is 33.9 Å². The van der Waals surface area contributed by atoms with Crippen molar-refractivity contribution in [3.05, 3.63) is 48.0 Å². The second-order valence-electron chi connectivity index (χ2n) is 12.4. The van der Waals surface area contributed by atoms with Gasteiger partial charge in [0.25, 0.3) is 0 Å². The number of fused-ring (bicyclic) bond motifs is 6. The van der Waals surface area contributed by atoms with E-state index >= 15 is 0 Å². The number of aromatic carboxylic acids is 1. The second kappa shape index (κ2) is 14.4. The summed E-state index contributed by atoms with van der Waals surface area (Å²) in [7, 11) is 0. The van der Waals surface area contributed by atoms with E-state index < -0.39 is 11.9 Å². The van der Waals surface area contributed by atoms with Crippen LogP contribution in [0.15, 0.2) is 47.0 Å². The molecule has 0 fully saturated rings. The standard InChI is InChI=1S/C17H20N4O2S.C15H16N4O2S.K/c1-6-23-15(22)13-11-8-7-10-9-18-16(24-5)19-12(10)14(11)21(20-13)17(2,3)4;1-15(2,3)19-12-9(11(18-19)13(20)21)6-5-8-7-16-14(22-4)17-10(8)12;/h7-9H,6H2,1-5H3;5-7H,1-4H3,(H,20,21);/q;;+1/p-1. The molecule has 4 heterocycles. The minimum Gasteiger partial charge on any atom is -0.543 e. The molecule has 0 bridgehead atoms. The fourth-order valence-electron chi connectivity index (χ4n) is 5.02. The van der Waals surface area contributed by atoms with E-state index in [1.165, 1.54) is 23.5 Å². The van der Waals surface area contributed by atoms with E-state index in [1.54, 1.807) is 30.1 Å². The van der Waals surface area contributed by atoms with E-state index in [0.29, 0.717) is 39.0 Å². The molecular formula is C32H35KN8O4S2. The van der Waals surface area contributed by atoms with Crippen LogP contribution in [0.5, 0.6) is 0 Å². The first-order chi connectivity index (χ1) is 21.7. The smallest absolute Gasteiger partial charge is 0.543 e. The Morgan fingerprint density at radius 1 is 0.766 bits per heavy atom. The Balaban J connectivity index is 0.000000209. The maximum absolute atomic E-state index is 12.3. The van der Waals surface area contributed by atoms with Crippen LogP contribution in [0.25, 0.3) is 43.6 Å². The molecule has 0 aliphatic heterocycles. The molecule has 0 amide bonds. The molecule has 240 valence electrons. The topological polar surface area (TPSA) is 154 Å². The molecule has 6 rings (SSSR count). The monoisotopic (exact) mass is 698 g/mol. The summed E-state index contributed by atoms with van der Waals surface area (Å²) < 4.78 is 8.72. The molecule has 0 saturated carbocycles. The van der Waals surface area contributed by atoms with E-state index in [2.05, 4.69) is 30.1 Å². The number of hydrogen-bond donors (Lipinski definition) is 0. The van der Waals surface area contributed by atoms with Crippen molar-refractivity contribution in [1.29, 1.82) is 0 Å². The van der Waals surface area contributed by atoms with Crippen LogP contribution >= 0.6 is 23.5 Å². The van der Waals surface area contributed by atoms with Crippen LogP contribution in [-0.2, 0) is 15.8 Å². The largest absolute Gasteiger partial charge is 1.00 e. The third-order valence-electron chi connectivity index (χ3n) is 7.04. The third kappa shape index (κ3) is 7.36. The molecule has 47 heavy (non-hydrogen) atoms. The van der Waals surface area contributed by atoms with E-state index in [1.807, 2.05) is 76.9 Å². The Bertz CT molecular complexity index is 2130. The predicted molar refractivity (Wildman–Crippen MR) is 179 cm³/mol. The normalized spacial score (nSPS) is 11.9. The van der Waals surface area contributed by atoms with Crippen LogP contribution in [0.1, 0.15) is 69.4 Å². The fraction of sp³-hybridized carbons (Fsp3) is 0.375. The number of ether oxygens (including phenoxy) is 1. The number of esters is 1. The van der Waals surface area contributed by atoms with Crippen LogP contribution in [0.2, 0.25) is 0 Å². The van der Waals surface area contributed by atoms with Gasteiger partial charge in [-0.15, -0.1) is 0 Å². The number of rotatable bonds is 5. The summed E-state index contributed by atoms with van der Waals surface area (Å²) in [5, 5.41) is 24.6. The predicted octanol–water partition coefficient (Wildman–Crippen LogP) is 2.46. The van der Waals surface area contributed by atoms with Crippen molar-refractivity contribution in [1.82, 2.24) is 39.5 Å². The number of hydrogen-bond acceptors (Lipinski definition) is 12. The number of nitrogens with zero attached hydrogens (tertiary/aromatic N) is 8. The summed E-state index contributed by atoms with van der Waals surface area (Å²) in [4.78, 5) is 41.5. The zero-order valence-corrected chi connectivity index (χ0v) is 33.0. The average molecular weight is 699 g/mol. The number of carboxylic acids is 1. The SMILES string of the molecule is CCOC(=O)c1nn(C(C)(C)C)c2c1ccc1cnc(SC)nc12.CSc1ncc2ccc3c(C(=O)[O-])nn(C(C)(C)C)c3c2n1.[K+]. The van der Waals surface area contributed by atoms with Gasteiger partial charge in [0.1, 0.15) is 16.7 Å². The first-order valence-corrected chi connectivity index (χ1v) is 17.0. The summed E-state index contributed by atoms with van der Waals surface area (Å²) in [5.41, 5.74) is 2.61. The minimum absolute atomic E-state index is 0. The number of aromatic nitrogens is 8. The Hall–Kier alpha value is -2.66. The van der Waals surface area contributed by atoms with Crippen molar-refractivity contribution in [2.24, 2.45) is 0 Å². The van der Waals surface area contributed by atoms with Crippen molar-refractivity contribution >= 4 is 79.1 Å². The van der Waals surface area contributed by atoms with E-state index in [4.69, 9.17) is 4.74 Å². The van der Waals surface area contributed by atoms with Crippen LogP contribution < -0.4 is 56.5 Å². The number of thioether (sulfide) groups is 2. The van der Waals surface area contributed by atoms with Crippen molar-refractivity contribution in [2.45, 2.75) is 69.9 Å². The van der Waals surface area contributed by atoms with Crippen LogP contribution in [0.3, 0.4) is 0 Å². The molecule has 0 saturated heterocycles. The second-order valence-corrected chi connectivity index (χ2v) is 13.9. The van der Waals surface area contributed by atoms with Gasteiger partial charge in [-0.1, -0.05) is 35.7 Å². The van der Waals surface area contributed by atoms with E-state index in [-0.39, 0.29) is 68.2 Å². The first kappa shape index (κ1) is 37.2. The summed E-state index contributed by atoms with van der Waals surface area (Å²) in [6.45, 7) is 14.1. The number of carbonyl (C=O) groups is 2. The first-order valence-electron chi connectivity index (χ1n) is 14.5. The van der Waals surface area contributed by atoms with Crippen molar-refractivity contribution in [3.63, 3.8) is 0 Å². The van der Waals surface area contributed by atoms with Gasteiger partial charge in [0.05, 0.1) is 34.7 Å². The molecule has 2 aromatic carbocycles. The minimum atomic E-state index is -1.29. The molecule has 0 radical (unpaired) electrons. The van der Waals surface area contributed by atoms with Gasteiger partial charge in [0.15, 0.2) is 16.0 Å². The summed E-state index contributed by atoms with van der Waals surface area (Å²) >= 11 is 2.92. The Kier molecular flexibility index (Phi) is 11.4. The van der Waals surface area contributed by atoms with Crippen molar-refractivity contribution < 1.29 is 70.8 Å². The molecular weight excluding hydrogens is 664 g/mol. The summed E-state index contributed by atoms with van der Waals surface area (Å²) in [5.74, 6) is -1.70. The van der Waals surface area contributed by atoms with Crippen LogP contribution in [0.4, 0.5) is 0 Å². The van der Waals surface area contributed by atoms with Crippen LogP contribution in [0, 0.1) is 0 Å². The molecule has 0 spiro atoms. The molecule has 12 nitrogen and oxygen atoms in total. The summed E-state index contributed by atoms with van der Waals surface area (Å²) in [6.07, 6.45) is 7.38. The maximum atomic E-state index is 12.3. The Morgan fingerprint density at radius 2 is 1.19 bits per heavy atom. The molecule has 0 aliphatic rings. The average Bonchev–Trinajstić information content (AvgIpc) is 3.62. The van der Waals surface area contributed by atoms with Crippen molar-refractivity contribution in [2.75, 3.05) is 19.1 Å². The maximum Gasteiger partial charge on any atom is 1.00 e. The van der Waals surface area contributed by atoms with Gasteiger partial charge >= 0.3 is 57.4 Å². The van der Waals surface area contributed by atoms with E-state index in [9.17, 15) is 14.7 Å². The van der Waals surface area contributed by atoms with Gasteiger partial charge in [-0.25, -0.2) is 24.7 Å². The van der Waals surface area contributed by atoms with Gasteiger partial charge in [-0.2, -0.15) is 10.2 Å². The Labute approximate surface area is 323 Å². The van der Waals surface area contributed by atoms with Gasteiger partial charge < -0.3 is 14.6 Å². The number of carbonyl (C=O) groups excluding carboxylic acids is 2. The van der Waals surface area contributed by atoms with Gasteiger partial charge in [-0.3, -0.25) is 9.36 Å². The molecule has 4 aromatic heterocycles. The van der Waals surface area contributed by atoms with E-state index in [0.717, 1.165) is 27.2 Å². The third-order valence-corrected chi connectivity index (χ3v) is 8.16. The quantitative estimate of drug-likeness (QED) is 0.113. The molecule has 0 unspecified atom stereocenters. The number of benzene rings is 2. The van der Waals surface area contributed by atoms with Gasteiger partial charge in [0.2, 0.25) is 0 Å². The van der Waals surface area contributed by atoms with Gasteiger partial charge in [-0.05, 0) is 73.1 Å². The molecule has 0 aliphatic carbocycles. The van der Waals surface area contributed by atoms with Crippen LogP contribution in [-0.4, -0.2) is 70.6 Å². The summed E-state index contributed by atoms with van der Waals surface area (Å²) in [6, 6.07) is 7.35. The zero-order valence-electron chi connectivity index (χ0n) is 28.2.